The predicted molar refractivity (Wildman–Crippen MR) is 126 cm³/mol. The molecule has 0 bridgehead atoms. The van der Waals surface area contributed by atoms with Gasteiger partial charge in [-0.1, -0.05) is 41.0 Å². The van der Waals surface area contributed by atoms with Gasteiger partial charge in [-0.05, 0) is 60.9 Å². The maximum atomic E-state index is 6.35. The van der Waals surface area contributed by atoms with Crippen LogP contribution in [0.1, 0.15) is 18.4 Å². The van der Waals surface area contributed by atoms with Gasteiger partial charge in [0.25, 0.3) is 0 Å². The van der Waals surface area contributed by atoms with Crippen molar-refractivity contribution in [1.82, 2.24) is 19.7 Å². The maximum Gasteiger partial charge on any atom is 0.191 e. The van der Waals surface area contributed by atoms with E-state index in [4.69, 9.17) is 27.9 Å². The van der Waals surface area contributed by atoms with Gasteiger partial charge >= 0.3 is 0 Å². The average Bonchev–Trinajstić information content (AvgIpc) is 3.45. The zero-order valence-corrected chi connectivity index (χ0v) is 19.0. The summed E-state index contributed by atoms with van der Waals surface area (Å²) in [5.74, 6) is 1.54. The summed E-state index contributed by atoms with van der Waals surface area (Å²) in [5, 5.41) is 12.2. The summed E-state index contributed by atoms with van der Waals surface area (Å²) >= 11 is 14.1. The lowest BCUT2D eigenvalue weighted by molar-refractivity contribution is 0.0953. The molecule has 8 heteroatoms. The third-order valence-corrected chi connectivity index (χ3v) is 6.98. The number of benzene rings is 2. The lowest BCUT2D eigenvalue weighted by atomic mass is 10.1. The first-order valence-corrected chi connectivity index (χ1v) is 11.9. The first-order valence-electron chi connectivity index (χ1n) is 10.1. The zero-order chi connectivity index (χ0) is 21.2. The van der Waals surface area contributed by atoms with E-state index in [1.807, 2.05) is 48.5 Å². The summed E-state index contributed by atoms with van der Waals surface area (Å²) in [5.41, 5.74) is 3.02. The van der Waals surface area contributed by atoms with E-state index in [1.54, 1.807) is 18.0 Å². The number of hydrogen-bond acceptors (Lipinski definition) is 5. The normalized spacial score (nSPS) is 16.3. The summed E-state index contributed by atoms with van der Waals surface area (Å²) in [7, 11) is 0. The molecule has 1 fully saturated rings. The minimum atomic E-state index is 0.180. The summed E-state index contributed by atoms with van der Waals surface area (Å²) in [6.45, 7) is 1.54. The number of thioether (sulfide) groups is 1. The van der Waals surface area contributed by atoms with Crippen LogP contribution in [0.3, 0.4) is 0 Å². The minimum absolute atomic E-state index is 0.180. The molecular formula is C23H20Cl2N4OS. The van der Waals surface area contributed by atoms with Gasteiger partial charge in [-0.15, -0.1) is 10.2 Å². The fourth-order valence-corrected chi connectivity index (χ4v) is 5.09. The van der Waals surface area contributed by atoms with E-state index in [-0.39, 0.29) is 6.10 Å². The lowest BCUT2D eigenvalue weighted by Gasteiger charge is -2.15. The van der Waals surface area contributed by atoms with E-state index in [1.165, 1.54) is 0 Å². The molecule has 5 nitrogen and oxygen atoms in total. The molecular weight excluding hydrogens is 451 g/mol. The highest BCUT2D eigenvalue weighted by molar-refractivity contribution is 7.98. The van der Waals surface area contributed by atoms with Crippen molar-refractivity contribution in [2.24, 2.45) is 0 Å². The van der Waals surface area contributed by atoms with Crippen LogP contribution in [0.15, 0.2) is 59.9 Å². The Morgan fingerprint density at radius 1 is 1.06 bits per heavy atom. The van der Waals surface area contributed by atoms with Crippen LogP contribution < -0.4 is 0 Å². The van der Waals surface area contributed by atoms with Gasteiger partial charge in [-0.25, -0.2) is 0 Å². The molecule has 158 valence electrons. The van der Waals surface area contributed by atoms with Crippen molar-refractivity contribution in [1.29, 1.82) is 0 Å². The minimum Gasteiger partial charge on any atom is -0.376 e. The van der Waals surface area contributed by atoms with Crippen LogP contribution in [0, 0.1) is 0 Å². The van der Waals surface area contributed by atoms with Crippen molar-refractivity contribution in [3.63, 3.8) is 0 Å². The largest absolute Gasteiger partial charge is 0.376 e. The van der Waals surface area contributed by atoms with Crippen molar-refractivity contribution in [3.8, 4) is 11.4 Å². The Balaban J connectivity index is 1.46. The molecule has 0 spiro atoms. The number of pyridine rings is 1. The molecule has 5 rings (SSSR count). The summed E-state index contributed by atoms with van der Waals surface area (Å²) in [4.78, 5) is 4.55. The van der Waals surface area contributed by atoms with Crippen molar-refractivity contribution < 1.29 is 4.74 Å². The SMILES string of the molecule is Clc1ccc(-c2nnc(SCc3ccc(Cl)c4cccnc34)n2CC2CCCO2)cc1. The summed E-state index contributed by atoms with van der Waals surface area (Å²) in [6, 6.07) is 15.6. The molecule has 1 atom stereocenters. The number of nitrogens with zero attached hydrogens (tertiary/aromatic N) is 4. The van der Waals surface area contributed by atoms with Gasteiger partial charge in [0.05, 0.1) is 18.2 Å². The Hall–Kier alpha value is -2.12. The number of halogens is 2. The average molecular weight is 471 g/mol. The number of fused-ring (bicyclic) bond motifs is 1. The second-order valence-electron chi connectivity index (χ2n) is 7.45. The highest BCUT2D eigenvalue weighted by Crippen LogP contribution is 2.32. The van der Waals surface area contributed by atoms with Crippen LogP contribution in [0.2, 0.25) is 10.0 Å². The third kappa shape index (κ3) is 4.44. The van der Waals surface area contributed by atoms with Crippen molar-refractivity contribution in [3.05, 3.63) is 70.3 Å². The van der Waals surface area contributed by atoms with Gasteiger partial charge < -0.3 is 4.74 Å². The Kier molecular flexibility index (Phi) is 6.14. The third-order valence-electron chi connectivity index (χ3n) is 5.39. The number of hydrogen-bond donors (Lipinski definition) is 0. The molecule has 1 aliphatic rings. The van der Waals surface area contributed by atoms with E-state index < -0.39 is 0 Å². The molecule has 0 radical (unpaired) electrons. The van der Waals surface area contributed by atoms with Gasteiger partial charge in [0.2, 0.25) is 0 Å². The first kappa shape index (κ1) is 20.8. The smallest absolute Gasteiger partial charge is 0.191 e. The van der Waals surface area contributed by atoms with Crippen LogP contribution in [0.25, 0.3) is 22.3 Å². The van der Waals surface area contributed by atoms with Crippen LogP contribution in [-0.4, -0.2) is 32.5 Å². The maximum absolute atomic E-state index is 6.35. The topological polar surface area (TPSA) is 52.8 Å². The molecule has 1 unspecified atom stereocenters. The Bertz CT molecular complexity index is 1210. The van der Waals surface area contributed by atoms with Crippen molar-refractivity contribution in [2.45, 2.75) is 36.4 Å². The quantitative estimate of drug-likeness (QED) is 0.310. The summed E-state index contributed by atoms with van der Waals surface area (Å²) < 4.78 is 8.06. The van der Waals surface area contributed by atoms with Gasteiger partial charge in [0, 0.05) is 39.6 Å². The number of ether oxygens (including phenoxy) is 1. The molecule has 2 aromatic carbocycles. The second kappa shape index (κ2) is 9.17. The van der Waals surface area contributed by atoms with Gasteiger partial charge in [0.1, 0.15) is 0 Å². The molecule has 2 aromatic heterocycles. The van der Waals surface area contributed by atoms with E-state index in [2.05, 4.69) is 19.7 Å². The number of aromatic nitrogens is 4. The van der Waals surface area contributed by atoms with E-state index in [0.717, 1.165) is 64.8 Å². The molecule has 0 N–H and O–H groups in total. The fraction of sp³-hybridized carbons (Fsp3) is 0.261. The first-order chi connectivity index (χ1) is 15.2. The molecule has 1 saturated heterocycles. The van der Waals surface area contributed by atoms with E-state index >= 15 is 0 Å². The van der Waals surface area contributed by atoms with Gasteiger partial charge in [-0.3, -0.25) is 9.55 Å². The molecule has 0 amide bonds. The van der Waals surface area contributed by atoms with Gasteiger partial charge in [0.15, 0.2) is 11.0 Å². The van der Waals surface area contributed by atoms with E-state index in [0.29, 0.717) is 10.0 Å². The lowest BCUT2D eigenvalue weighted by Crippen LogP contribution is -2.16. The fourth-order valence-electron chi connectivity index (χ4n) is 3.82. The Morgan fingerprint density at radius 3 is 2.74 bits per heavy atom. The van der Waals surface area contributed by atoms with Crippen LogP contribution in [0.5, 0.6) is 0 Å². The van der Waals surface area contributed by atoms with Gasteiger partial charge in [-0.2, -0.15) is 0 Å². The molecule has 0 aliphatic carbocycles. The standard InChI is InChI=1S/C23H20Cl2N4OS/c24-17-8-5-15(6-9-17)22-27-28-23(29(22)13-18-3-2-12-30-18)31-14-16-7-10-20(25)19-4-1-11-26-21(16)19/h1,4-11,18H,2-3,12-14H2. The summed E-state index contributed by atoms with van der Waals surface area (Å²) in [6.07, 6.45) is 4.12. The van der Waals surface area contributed by atoms with E-state index in [9.17, 15) is 0 Å². The Morgan fingerprint density at radius 2 is 1.94 bits per heavy atom. The van der Waals surface area contributed by atoms with Crippen LogP contribution >= 0.6 is 35.0 Å². The molecule has 31 heavy (non-hydrogen) atoms. The predicted octanol–water partition coefficient (Wildman–Crippen LogP) is 6.27. The monoisotopic (exact) mass is 470 g/mol. The molecule has 1 aliphatic heterocycles. The highest BCUT2D eigenvalue weighted by atomic mass is 35.5. The van der Waals surface area contributed by atoms with Crippen molar-refractivity contribution in [2.75, 3.05) is 6.61 Å². The molecule has 0 saturated carbocycles. The van der Waals surface area contributed by atoms with Crippen LogP contribution in [-0.2, 0) is 17.0 Å². The zero-order valence-electron chi connectivity index (χ0n) is 16.7. The second-order valence-corrected chi connectivity index (χ2v) is 9.24. The van der Waals surface area contributed by atoms with Crippen LogP contribution in [0.4, 0.5) is 0 Å². The Labute approximate surface area is 194 Å². The highest BCUT2D eigenvalue weighted by Gasteiger charge is 2.22. The van der Waals surface area contributed by atoms with Crippen molar-refractivity contribution >= 4 is 45.9 Å². The molecule has 4 aromatic rings. The number of rotatable bonds is 6. The molecule has 3 heterocycles.